The van der Waals surface area contributed by atoms with Gasteiger partial charge >= 0.3 is 29.6 Å². The molecule has 0 bridgehead atoms. The van der Waals surface area contributed by atoms with E-state index in [1.54, 1.807) is 12.1 Å². The predicted octanol–water partition coefficient (Wildman–Crippen LogP) is 2.82. The van der Waals surface area contributed by atoms with Crippen molar-refractivity contribution in [3.05, 3.63) is 42.0 Å². The fourth-order valence-corrected chi connectivity index (χ4v) is 4.02. The van der Waals surface area contributed by atoms with E-state index in [9.17, 15) is 13.0 Å². The molecule has 0 fully saturated rings. The van der Waals surface area contributed by atoms with Crippen LogP contribution in [0.4, 0.5) is 0 Å². The molecule has 0 aromatic heterocycles. The minimum atomic E-state index is -4.43. The van der Waals surface area contributed by atoms with Crippen LogP contribution in [0.15, 0.2) is 41.3 Å². The predicted molar refractivity (Wildman–Crippen MR) is 103 cm³/mol. The molecule has 0 heterocycles. The maximum atomic E-state index is 11.3. The molecule has 0 N–H and O–H groups in total. The van der Waals surface area contributed by atoms with Crippen LogP contribution in [0.25, 0.3) is 10.8 Å². The van der Waals surface area contributed by atoms with Gasteiger partial charge in [-0.15, -0.1) is 0 Å². The fraction of sp³-hybridized carbons (Fsp3) is 0.524. The van der Waals surface area contributed by atoms with Gasteiger partial charge in [-0.25, -0.2) is 8.42 Å². The monoisotopic (exact) mass is 384 g/mol. The molecule has 0 aliphatic carbocycles. The largest absolute Gasteiger partial charge is 1.00 e. The zero-order chi connectivity index (χ0) is 18.1. The van der Waals surface area contributed by atoms with Gasteiger partial charge in [-0.1, -0.05) is 88.6 Å². The smallest absolute Gasteiger partial charge is 0.744 e. The van der Waals surface area contributed by atoms with Crippen molar-refractivity contribution in [2.24, 2.45) is 0 Å². The van der Waals surface area contributed by atoms with E-state index in [-0.39, 0.29) is 34.5 Å². The van der Waals surface area contributed by atoms with Crippen molar-refractivity contribution in [1.29, 1.82) is 0 Å². The fourth-order valence-electron chi connectivity index (χ4n) is 3.32. The Morgan fingerprint density at radius 1 is 0.846 bits per heavy atom. The van der Waals surface area contributed by atoms with Crippen molar-refractivity contribution < 1.29 is 42.5 Å². The maximum Gasteiger partial charge on any atom is 1.00 e. The van der Waals surface area contributed by atoms with Gasteiger partial charge in [0.25, 0.3) is 0 Å². The summed E-state index contributed by atoms with van der Waals surface area (Å²) in [6.07, 6.45) is 12.7. The molecule has 5 heteroatoms. The first-order valence-electron chi connectivity index (χ1n) is 9.50. The third-order valence-electron chi connectivity index (χ3n) is 4.74. The quantitative estimate of drug-likeness (QED) is 0.340. The summed E-state index contributed by atoms with van der Waals surface area (Å²) < 4.78 is 34.0. The zero-order valence-corrected chi connectivity index (χ0v) is 19.0. The average molecular weight is 385 g/mol. The van der Waals surface area contributed by atoms with Crippen LogP contribution in [0, 0.1) is 0 Å². The normalized spacial score (nSPS) is 11.5. The van der Waals surface area contributed by atoms with Crippen molar-refractivity contribution in [3.63, 3.8) is 0 Å². The Kier molecular flexibility index (Phi) is 11.0. The van der Waals surface area contributed by atoms with Gasteiger partial charge in [0, 0.05) is 0 Å². The van der Waals surface area contributed by atoms with Crippen molar-refractivity contribution in [3.8, 4) is 0 Å². The molecular formula is C21H29NaO3S. The van der Waals surface area contributed by atoms with Crippen LogP contribution >= 0.6 is 0 Å². The summed E-state index contributed by atoms with van der Waals surface area (Å²) in [6.45, 7) is 2.24. The van der Waals surface area contributed by atoms with Gasteiger partial charge in [-0.05, 0) is 35.2 Å². The zero-order valence-electron chi connectivity index (χ0n) is 16.2. The summed E-state index contributed by atoms with van der Waals surface area (Å²) in [4.78, 5) is -0.125. The van der Waals surface area contributed by atoms with Crippen LogP contribution in [-0.2, 0) is 16.5 Å². The second-order valence-electron chi connectivity index (χ2n) is 6.84. The molecule has 0 aliphatic rings. The van der Waals surface area contributed by atoms with Crippen LogP contribution in [-0.4, -0.2) is 13.0 Å². The van der Waals surface area contributed by atoms with Gasteiger partial charge in [-0.3, -0.25) is 0 Å². The summed E-state index contributed by atoms with van der Waals surface area (Å²) in [5, 5.41) is 1.35. The van der Waals surface area contributed by atoms with E-state index in [1.165, 1.54) is 63.0 Å². The Morgan fingerprint density at radius 3 is 2.08 bits per heavy atom. The van der Waals surface area contributed by atoms with E-state index in [4.69, 9.17) is 0 Å². The van der Waals surface area contributed by atoms with Crippen molar-refractivity contribution in [2.45, 2.75) is 76.0 Å². The molecule has 0 spiro atoms. The van der Waals surface area contributed by atoms with Crippen molar-refractivity contribution in [2.75, 3.05) is 0 Å². The molecular weight excluding hydrogens is 355 g/mol. The molecule has 0 amide bonds. The van der Waals surface area contributed by atoms with Crippen LogP contribution in [0.1, 0.15) is 70.3 Å². The van der Waals surface area contributed by atoms with E-state index >= 15 is 0 Å². The maximum absolute atomic E-state index is 11.3. The van der Waals surface area contributed by atoms with Gasteiger partial charge < -0.3 is 4.55 Å². The molecule has 138 valence electrons. The minimum absolute atomic E-state index is 0. The third-order valence-corrected chi connectivity index (χ3v) is 5.64. The molecule has 0 aliphatic heterocycles. The summed E-state index contributed by atoms with van der Waals surface area (Å²) in [6, 6.07) is 10.6. The van der Waals surface area contributed by atoms with E-state index in [0.29, 0.717) is 5.39 Å². The second kappa shape index (κ2) is 12.1. The third kappa shape index (κ3) is 7.69. The first kappa shape index (κ1) is 23.6. The van der Waals surface area contributed by atoms with Gasteiger partial charge in [0.2, 0.25) is 0 Å². The Labute approximate surface area is 180 Å². The summed E-state index contributed by atoms with van der Waals surface area (Å²) in [5.41, 5.74) is 1.20. The van der Waals surface area contributed by atoms with Gasteiger partial charge in [0.05, 0.1) is 4.90 Å². The number of fused-ring (bicyclic) bond motifs is 1. The van der Waals surface area contributed by atoms with Crippen molar-refractivity contribution in [1.82, 2.24) is 0 Å². The summed E-state index contributed by atoms with van der Waals surface area (Å²) in [5.74, 6) is 0. The molecule has 26 heavy (non-hydrogen) atoms. The van der Waals surface area contributed by atoms with Gasteiger partial charge in [0.1, 0.15) is 10.1 Å². The number of hydrogen-bond donors (Lipinski definition) is 0. The summed E-state index contributed by atoms with van der Waals surface area (Å²) in [7, 11) is -4.43. The molecule has 2 rings (SSSR count). The van der Waals surface area contributed by atoms with Crippen molar-refractivity contribution >= 4 is 20.9 Å². The standard InChI is InChI=1S/C21H30O3S.Na/c1-2-3-4-5-6-7-8-9-10-12-18-15-16-20-19(17-18)13-11-14-21(20)25(22,23)24;/h11,13-17H,2-10,12H2,1H3,(H,22,23,24);/q;+1/p-1. The van der Waals surface area contributed by atoms with E-state index in [2.05, 4.69) is 6.92 Å². The Bertz CT molecular complexity index is 772. The second-order valence-corrected chi connectivity index (χ2v) is 8.19. The molecule has 0 atom stereocenters. The number of hydrogen-bond acceptors (Lipinski definition) is 3. The Hall–Kier alpha value is -0.390. The summed E-state index contributed by atoms with van der Waals surface area (Å²) >= 11 is 0. The SMILES string of the molecule is CCCCCCCCCCCc1ccc2c(S(=O)(=O)[O-])cccc2c1.[Na+]. The topological polar surface area (TPSA) is 57.2 Å². The minimum Gasteiger partial charge on any atom is -0.744 e. The van der Waals surface area contributed by atoms with Crippen LogP contribution in [0.2, 0.25) is 0 Å². The van der Waals surface area contributed by atoms with Crippen LogP contribution in [0.3, 0.4) is 0 Å². The first-order chi connectivity index (χ1) is 12.0. The average Bonchev–Trinajstić information content (AvgIpc) is 2.58. The number of unbranched alkanes of at least 4 members (excludes halogenated alkanes) is 8. The number of rotatable bonds is 11. The van der Waals surface area contributed by atoms with E-state index in [0.717, 1.165) is 18.2 Å². The molecule has 2 aromatic rings. The molecule has 2 aromatic carbocycles. The molecule has 3 nitrogen and oxygen atoms in total. The van der Waals surface area contributed by atoms with Gasteiger partial charge in [0.15, 0.2) is 0 Å². The van der Waals surface area contributed by atoms with Crippen LogP contribution in [0.5, 0.6) is 0 Å². The molecule has 0 radical (unpaired) electrons. The number of benzene rings is 2. The van der Waals surface area contributed by atoms with Gasteiger partial charge in [-0.2, -0.15) is 0 Å². The number of aryl methyl sites for hydroxylation is 1. The molecule has 0 unspecified atom stereocenters. The van der Waals surface area contributed by atoms with Crippen LogP contribution < -0.4 is 29.6 Å². The first-order valence-corrected chi connectivity index (χ1v) is 10.9. The molecule has 0 saturated heterocycles. The Morgan fingerprint density at radius 2 is 1.46 bits per heavy atom. The van der Waals surface area contributed by atoms with E-state index < -0.39 is 10.1 Å². The molecule has 0 saturated carbocycles. The Balaban J connectivity index is 0.00000338. The van der Waals surface area contributed by atoms with E-state index in [1.807, 2.05) is 18.2 Å².